The number of rotatable bonds is 4. The molecule has 4 nitrogen and oxygen atoms in total. The van der Waals surface area contributed by atoms with E-state index in [9.17, 15) is 9.59 Å². The lowest BCUT2D eigenvalue weighted by atomic mass is 9.98. The normalized spacial score (nSPS) is 21.3. The van der Waals surface area contributed by atoms with E-state index in [1.165, 1.54) is 0 Å². The summed E-state index contributed by atoms with van der Waals surface area (Å²) in [7, 11) is 0. The Morgan fingerprint density at radius 2 is 2.19 bits per heavy atom. The molecule has 1 unspecified atom stereocenters. The van der Waals surface area contributed by atoms with Gasteiger partial charge in [0.1, 0.15) is 0 Å². The second-order valence-electron chi connectivity index (χ2n) is 4.11. The number of amides is 1. The Morgan fingerprint density at radius 3 is 2.81 bits per heavy atom. The Hall–Kier alpha value is -1.32. The maximum atomic E-state index is 11.7. The van der Waals surface area contributed by atoms with Gasteiger partial charge in [-0.3, -0.25) is 9.59 Å². The molecule has 1 heterocycles. The molecule has 0 bridgehead atoms. The van der Waals surface area contributed by atoms with Crippen molar-refractivity contribution in [1.29, 1.82) is 0 Å². The van der Waals surface area contributed by atoms with E-state index in [0.717, 1.165) is 25.8 Å². The molecule has 1 N–H and O–H groups in total. The molecule has 0 radical (unpaired) electrons. The lowest BCUT2D eigenvalue weighted by molar-refractivity contribution is -0.138. The van der Waals surface area contributed by atoms with Crippen LogP contribution in [0.2, 0.25) is 0 Å². The highest BCUT2D eigenvalue weighted by Crippen LogP contribution is 2.21. The summed E-state index contributed by atoms with van der Waals surface area (Å²) >= 11 is 0. The van der Waals surface area contributed by atoms with Gasteiger partial charge < -0.3 is 10.0 Å². The molecule has 0 aliphatic carbocycles. The molecule has 1 saturated heterocycles. The van der Waals surface area contributed by atoms with E-state index in [4.69, 9.17) is 5.11 Å². The van der Waals surface area contributed by atoms with Crippen LogP contribution in [0.4, 0.5) is 0 Å². The molecule has 16 heavy (non-hydrogen) atoms. The van der Waals surface area contributed by atoms with E-state index >= 15 is 0 Å². The van der Waals surface area contributed by atoms with Crippen molar-refractivity contribution in [2.75, 3.05) is 6.54 Å². The third-order valence-electron chi connectivity index (χ3n) is 2.91. The van der Waals surface area contributed by atoms with Crippen molar-refractivity contribution in [2.45, 2.75) is 45.1 Å². The maximum Gasteiger partial charge on any atom is 0.303 e. The SMILES string of the molecule is CC=CC(=O)N1CCCCC1CCC(=O)O. The number of aliphatic carboxylic acids is 1. The standard InChI is InChI=1S/C12H19NO3/c1-2-5-11(14)13-9-4-3-6-10(13)7-8-12(15)16/h2,5,10H,3-4,6-9H2,1H3,(H,15,16). The van der Waals surface area contributed by atoms with Gasteiger partial charge in [0.2, 0.25) is 5.91 Å². The fourth-order valence-electron chi connectivity index (χ4n) is 2.12. The van der Waals surface area contributed by atoms with Crippen LogP contribution in [0.3, 0.4) is 0 Å². The van der Waals surface area contributed by atoms with E-state index in [1.54, 1.807) is 12.2 Å². The van der Waals surface area contributed by atoms with Crippen molar-refractivity contribution < 1.29 is 14.7 Å². The molecule has 0 aromatic carbocycles. The van der Waals surface area contributed by atoms with Crippen LogP contribution in [0, 0.1) is 0 Å². The van der Waals surface area contributed by atoms with Gasteiger partial charge >= 0.3 is 5.97 Å². The first-order valence-corrected chi connectivity index (χ1v) is 5.80. The number of carbonyl (C=O) groups is 2. The van der Waals surface area contributed by atoms with Crippen LogP contribution in [-0.2, 0) is 9.59 Å². The van der Waals surface area contributed by atoms with Crippen molar-refractivity contribution in [3.8, 4) is 0 Å². The maximum absolute atomic E-state index is 11.7. The number of hydrogen-bond acceptors (Lipinski definition) is 2. The van der Waals surface area contributed by atoms with E-state index in [0.29, 0.717) is 6.42 Å². The van der Waals surface area contributed by atoms with Crippen molar-refractivity contribution in [3.05, 3.63) is 12.2 Å². The number of likely N-dealkylation sites (tertiary alicyclic amines) is 1. The minimum absolute atomic E-state index is 0.0117. The largest absolute Gasteiger partial charge is 0.481 e. The Kier molecular flexibility index (Phi) is 5.02. The first-order valence-electron chi connectivity index (χ1n) is 5.80. The van der Waals surface area contributed by atoms with E-state index in [1.807, 2.05) is 11.8 Å². The Balaban J connectivity index is 2.56. The summed E-state index contributed by atoms with van der Waals surface area (Å²) in [5.41, 5.74) is 0. The fraction of sp³-hybridized carbons (Fsp3) is 0.667. The third kappa shape index (κ3) is 3.68. The van der Waals surface area contributed by atoms with Crippen LogP contribution in [0.1, 0.15) is 39.0 Å². The fourth-order valence-corrected chi connectivity index (χ4v) is 2.12. The number of carbonyl (C=O) groups excluding carboxylic acids is 1. The second kappa shape index (κ2) is 6.30. The van der Waals surface area contributed by atoms with Gasteiger partial charge in [0.05, 0.1) is 0 Å². The zero-order valence-corrected chi connectivity index (χ0v) is 9.69. The summed E-state index contributed by atoms with van der Waals surface area (Å²) in [6.45, 7) is 2.57. The molecule has 0 aromatic rings. The number of piperidine rings is 1. The summed E-state index contributed by atoms with van der Waals surface area (Å²) in [5, 5.41) is 8.65. The molecular formula is C12H19NO3. The van der Waals surface area contributed by atoms with Gasteiger partial charge in [0, 0.05) is 19.0 Å². The highest BCUT2D eigenvalue weighted by molar-refractivity contribution is 5.87. The summed E-state index contributed by atoms with van der Waals surface area (Å²) in [5.74, 6) is -0.776. The molecule has 1 aliphatic rings. The average molecular weight is 225 g/mol. The summed E-state index contributed by atoms with van der Waals surface area (Å²) in [6.07, 6.45) is 7.03. The highest BCUT2D eigenvalue weighted by Gasteiger charge is 2.25. The minimum Gasteiger partial charge on any atom is -0.481 e. The zero-order valence-electron chi connectivity index (χ0n) is 9.69. The molecule has 0 spiro atoms. The van der Waals surface area contributed by atoms with Gasteiger partial charge in [-0.25, -0.2) is 0 Å². The molecular weight excluding hydrogens is 206 g/mol. The van der Waals surface area contributed by atoms with Crippen molar-refractivity contribution in [1.82, 2.24) is 4.90 Å². The smallest absolute Gasteiger partial charge is 0.303 e. The van der Waals surface area contributed by atoms with Crippen LogP contribution < -0.4 is 0 Å². The quantitative estimate of drug-likeness (QED) is 0.742. The molecule has 1 aliphatic heterocycles. The molecule has 0 aromatic heterocycles. The van der Waals surface area contributed by atoms with E-state index < -0.39 is 5.97 Å². The van der Waals surface area contributed by atoms with Gasteiger partial charge in [-0.1, -0.05) is 6.08 Å². The predicted octanol–water partition coefficient (Wildman–Crippen LogP) is 1.81. The van der Waals surface area contributed by atoms with Crippen LogP contribution in [0.15, 0.2) is 12.2 Å². The Labute approximate surface area is 95.9 Å². The Bertz CT molecular complexity index is 286. The van der Waals surface area contributed by atoms with Crippen LogP contribution in [0.5, 0.6) is 0 Å². The number of hydrogen-bond donors (Lipinski definition) is 1. The summed E-state index contributed by atoms with van der Waals surface area (Å²) in [6, 6.07) is 0.105. The lowest BCUT2D eigenvalue weighted by Crippen LogP contribution is -2.43. The molecule has 1 atom stereocenters. The van der Waals surface area contributed by atoms with Gasteiger partial charge in [-0.05, 0) is 38.7 Å². The predicted molar refractivity (Wildman–Crippen MR) is 61.0 cm³/mol. The molecule has 0 saturated carbocycles. The van der Waals surface area contributed by atoms with Gasteiger partial charge in [0.15, 0.2) is 0 Å². The van der Waals surface area contributed by atoms with Gasteiger partial charge in [-0.15, -0.1) is 0 Å². The average Bonchev–Trinajstić information content (AvgIpc) is 2.27. The number of allylic oxidation sites excluding steroid dienone is 1. The van der Waals surface area contributed by atoms with Gasteiger partial charge in [-0.2, -0.15) is 0 Å². The van der Waals surface area contributed by atoms with Crippen molar-refractivity contribution in [3.63, 3.8) is 0 Å². The second-order valence-corrected chi connectivity index (χ2v) is 4.11. The zero-order chi connectivity index (χ0) is 12.0. The van der Waals surface area contributed by atoms with Crippen LogP contribution >= 0.6 is 0 Å². The number of carboxylic acids is 1. The van der Waals surface area contributed by atoms with E-state index in [-0.39, 0.29) is 18.4 Å². The molecule has 90 valence electrons. The number of carboxylic acid groups (broad SMARTS) is 1. The highest BCUT2D eigenvalue weighted by atomic mass is 16.4. The van der Waals surface area contributed by atoms with Crippen molar-refractivity contribution >= 4 is 11.9 Å². The first kappa shape index (κ1) is 12.7. The Morgan fingerprint density at radius 1 is 1.44 bits per heavy atom. The molecule has 1 rings (SSSR count). The minimum atomic E-state index is -0.788. The first-order chi connectivity index (χ1) is 7.65. The summed E-state index contributed by atoms with van der Waals surface area (Å²) in [4.78, 5) is 24.1. The van der Waals surface area contributed by atoms with E-state index in [2.05, 4.69) is 0 Å². The summed E-state index contributed by atoms with van der Waals surface area (Å²) < 4.78 is 0. The molecule has 1 amide bonds. The van der Waals surface area contributed by atoms with Crippen molar-refractivity contribution in [2.24, 2.45) is 0 Å². The van der Waals surface area contributed by atoms with Gasteiger partial charge in [0.25, 0.3) is 0 Å². The molecule has 4 heteroatoms. The monoisotopic (exact) mass is 225 g/mol. The van der Waals surface area contributed by atoms with Crippen LogP contribution in [-0.4, -0.2) is 34.5 Å². The third-order valence-corrected chi connectivity index (χ3v) is 2.91. The number of nitrogens with zero attached hydrogens (tertiary/aromatic N) is 1. The van der Waals surface area contributed by atoms with Crippen LogP contribution in [0.25, 0.3) is 0 Å². The lowest BCUT2D eigenvalue weighted by Gasteiger charge is -2.35. The molecule has 1 fully saturated rings. The topological polar surface area (TPSA) is 57.6 Å².